The summed E-state index contributed by atoms with van der Waals surface area (Å²) in [6, 6.07) is 9.22. The van der Waals surface area contributed by atoms with Gasteiger partial charge in [-0.15, -0.1) is 0 Å². The Hall–Kier alpha value is -2.57. The number of nitrogens with one attached hydrogen (secondary N) is 2. The SMILES string of the molecule is CCCCCCCCN1C(=NCc2ccccc2)NC2C1C(=O)NC(=O)N2C. The molecule has 2 aliphatic rings. The van der Waals surface area contributed by atoms with Gasteiger partial charge in [0.2, 0.25) is 0 Å². The lowest BCUT2D eigenvalue weighted by Crippen LogP contribution is -2.64. The van der Waals surface area contributed by atoms with Crippen LogP contribution in [0.25, 0.3) is 0 Å². The van der Waals surface area contributed by atoms with Crippen molar-refractivity contribution in [2.75, 3.05) is 13.6 Å². The first-order valence-corrected chi connectivity index (χ1v) is 10.3. The fourth-order valence-electron chi connectivity index (χ4n) is 3.78. The van der Waals surface area contributed by atoms with Crippen LogP contribution in [0.4, 0.5) is 4.79 Å². The van der Waals surface area contributed by atoms with E-state index in [1.54, 1.807) is 11.9 Å². The van der Waals surface area contributed by atoms with Gasteiger partial charge in [0.15, 0.2) is 12.0 Å². The highest BCUT2D eigenvalue weighted by Crippen LogP contribution is 2.22. The number of carbonyl (C=O) groups excluding carboxylic acids is 2. The van der Waals surface area contributed by atoms with Gasteiger partial charge in [-0.2, -0.15) is 0 Å². The third kappa shape index (κ3) is 4.64. The summed E-state index contributed by atoms with van der Waals surface area (Å²) in [7, 11) is 1.70. The zero-order valence-corrected chi connectivity index (χ0v) is 16.9. The van der Waals surface area contributed by atoms with E-state index in [2.05, 4.69) is 17.6 Å². The third-order valence-electron chi connectivity index (χ3n) is 5.43. The fraction of sp³-hybridized carbons (Fsp3) is 0.571. The zero-order chi connectivity index (χ0) is 19.9. The number of benzene rings is 1. The molecule has 7 nitrogen and oxygen atoms in total. The zero-order valence-electron chi connectivity index (χ0n) is 16.9. The molecular formula is C21H31N5O2. The minimum absolute atomic E-state index is 0.253. The lowest BCUT2D eigenvalue weighted by atomic mass is 10.1. The minimum Gasteiger partial charge on any atom is -0.333 e. The van der Waals surface area contributed by atoms with Crippen molar-refractivity contribution in [3.63, 3.8) is 0 Å². The molecule has 0 aromatic heterocycles. The quantitative estimate of drug-likeness (QED) is 0.641. The van der Waals surface area contributed by atoms with E-state index in [0.29, 0.717) is 12.5 Å². The van der Waals surface area contributed by atoms with Gasteiger partial charge >= 0.3 is 6.03 Å². The molecular weight excluding hydrogens is 354 g/mol. The van der Waals surface area contributed by atoms with Crippen LogP contribution in [-0.4, -0.2) is 53.5 Å². The first-order valence-electron chi connectivity index (χ1n) is 10.3. The molecule has 2 atom stereocenters. The summed E-state index contributed by atoms with van der Waals surface area (Å²) < 4.78 is 0. The number of likely N-dealkylation sites (N-methyl/N-ethyl adjacent to an activating group) is 1. The van der Waals surface area contributed by atoms with Crippen LogP contribution in [-0.2, 0) is 11.3 Å². The summed E-state index contributed by atoms with van der Waals surface area (Å²) in [6.45, 7) is 3.50. The standard InChI is InChI=1S/C21H31N5O2/c1-3-4-5-6-7-11-14-26-17-18(25(2)21(28)24-19(17)27)23-20(26)22-15-16-12-9-8-10-13-16/h8-10,12-13,17-18H,3-7,11,14-15H2,1-2H3,(H,22,23)(H,24,27,28). The Labute approximate surface area is 167 Å². The number of hydrogen-bond acceptors (Lipinski definition) is 3. The van der Waals surface area contributed by atoms with Crippen LogP contribution < -0.4 is 10.6 Å². The van der Waals surface area contributed by atoms with E-state index in [0.717, 1.165) is 24.9 Å². The number of aliphatic imine (C=N–C) groups is 1. The van der Waals surface area contributed by atoms with Crippen LogP contribution in [0, 0.1) is 0 Å². The summed E-state index contributed by atoms with van der Waals surface area (Å²) in [6.07, 6.45) is 6.74. The summed E-state index contributed by atoms with van der Waals surface area (Å²) in [5, 5.41) is 5.76. The van der Waals surface area contributed by atoms with E-state index >= 15 is 0 Å². The number of hydrogen-bond donors (Lipinski definition) is 2. The lowest BCUT2D eigenvalue weighted by Gasteiger charge is -2.35. The first kappa shape index (κ1) is 20.2. The number of carbonyl (C=O) groups is 2. The van der Waals surface area contributed by atoms with E-state index < -0.39 is 6.04 Å². The number of rotatable bonds is 9. The maximum atomic E-state index is 12.5. The Morgan fingerprint density at radius 2 is 1.75 bits per heavy atom. The van der Waals surface area contributed by atoms with Crippen LogP contribution in [0.1, 0.15) is 51.0 Å². The Bertz CT molecular complexity index is 706. The molecule has 0 spiro atoms. The number of guanidine groups is 1. The summed E-state index contributed by atoms with van der Waals surface area (Å²) in [5.74, 6) is 0.445. The molecule has 7 heteroatoms. The van der Waals surface area contributed by atoms with Gasteiger partial charge in [0.05, 0.1) is 6.54 Å². The second-order valence-corrected chi connectivity index (χ2v) is 7.53. The maximum Gasteiger partial charge on any atom is 0.325 e. The van der Waals surface area contributed by atoms with Crippen molar-refractivity contribution >= 4 is 17.9 Å². The fourth-order valence-corrected chi connectivity index (χ4v) is 3.78. The predicted molar refractivity (Wildman–Crippen MR) is 110 cm³/mol. The number of imide groups is 1. The first-order chi connectivity index (χ1) is 13.6. The molecule has 2 unspecified atom stereocenters. The minimum atomic E-state index is -0.437. The number of nitrogens with zero attached hydrogens (tertiary/aromatic N) is 3. The molecule has 1 aromatic carbocycles. The van der Waals surface area contributed by atoms with E-state index in [1.807, 2.05) is 35.2 Å². The molecule has 2 aliphatic heterocycles. The highest BCUT2D eigenvalue weighted by molar-refractivity contribution is 6.04. The second-order valence-electron chi connectivity index (χ2n) is 7.53. The molecule has 152 valence electrons. The molecule has 0 bridgehead atoms. The van der Waals surface area contributed by atoms with Crippen molar-refractivity contribution in [2.24, 2.45) is 4.99 Å². The topological polar surface area (TPSA) is 77.0 Å². The molecule has 0 saturated carbocycles. The number of unbranched alkanes of at least 4 members (excludes halogenated alkanes) is 5. The Morgan fingerprint density at radius 1 is 1.04 bits per heavy atom. The largest absolute Gasteiger partial charge is 0.333 e. The molecule has 2 saturated heterocycles. The maximum absolute atomic E-state index is 12.5. The molecule has 28 heavy (non-hydrogen) atoms. The normalized spacial score (nSPS) is 23.0. The number of urea groups is 1. The molecule has 2 fully saturated rings. The van der Waals surface area contributed by atoms with Crippen LogP contribution in [0.15, 0.2) is 35.3 Å². The molecule has 2 heterocycles. The van der Waals surface area contributed by atoms with Gasteiger partial charge in [0, 0.05) is 13.6 Å². The van der Waals surface area contributed by atoms with Crippen molar-refractivity contribution in [3.05, 3.63) is 35.9 Å². The third-order valence-corrected chi connectivity index (χ3v) is 5.43. The van der Waals surface area contributed by atoms with E-state index in [1.165, 1.54) is 25.7 Å². The van der Waals surface area contributed by atoms with E-state index in [-0.39, 0.29) is 18.1 Å². The Balaban J connectivity index is 1.70. The second kappa shape index (κ2) is 9.57. The van der Waals surface area contributed by atoms with Crippen molar-refractivity contribution in [3.8, 4) is 0 Å². The predicted octanol–water partition coefficient (Wildman–Crippen LogP) is 2.68. The van der Waals surface area contributed by atoms with E-state index in [9.17, 15) is 9.59 Å². The van der Waals surface area contributed by atoms with Crippen LogP contribution in [0.5, 0.6) is 0 Å². The van der Waals surface area contributed by atoms with Crippen LogP contribution in [0.3, 0.4) is 0 Å². The van der Waals surface area contributed by atoms with E-state index in [4.69, 9.17) is 4.99 Å². The molecule has 1 aromatic rings. The van der Waals surface area contributed by atoms with Crippen molar-refractivity contribution in [1.29, 1.82) is 0 Å². The molecule has 0 aliphatic carbocycles. The van der Waals surface area contributed by atoms with Gasteiger partial charge in [-0.25, -0.2) is 9.79 Å². The van der Waals surface area contributed by atoms with Crippen molar-refractivity contribution in [1.82, 2.24) is 20.4 Å². The Kier molecular flexibility index (Phi) is 6.90. The summed E-state index contributed by atoms with van der Waals surface area (Å²) >= 11 is 0. The highest BCUT2D eigenvalue weighted by atomic mass is 16.2. The summed E-state index contributed by atoms with van der Waals surface area (Å²) in [4.78, 5) is 32.9. The van der Waals surface area contributed by atoms with Gasteiger partial charge in [-0.1, -0.05) is 69.4 Å². The van der Waals surface area contributed by atoms with Gasteiger partial charge in [-0.05, 0) is 12.0 Å². The van der Waals surface area contributed by atoms with Crippen molar-refractivity contribution in [2.45, 2.75) is 64.2 Å². The Morgan fingerprint density at radius 3 is 2.50 bits per heavy atom. The molecule has 3 rings (SSSR count). The van der Waals surface area contributed by atoms with Crippen LogP contribution >= 0.6 is 0 Å². The average Bonchev–Trinajstić information content (AvgIpc) is 3.07. The smallest absolute Gasteiger partial charge is 0.325 e. The van der Waals surface area contributed by atoms with Gasteiger partial charge < -0.3 is 15.1 Å². The monoisotopic (exact) mass is 385 g/mol. The lowest BCUT2D eigenvalue weighted by molar-refractivity contribution is -0.127. The molecule has 0 radical (unpaired) electrons. The van der Waals surface area contributed by atoms with Gasteiger partial charge in [0.1, 0.15) is 6.17 Å². The summed E-state index contributed by atoms with van der Waals surface area (Å²) in [5.41, 5.74) is 1.11. The number of amides is 3. The number of fused-ring (bicyclic) bond motifs is 1. The average molecular weight is 386 g/mol. The van der Waals surface area contributed by atoms with Crippen molar-refractivity contribution < 1.29 is 9.59 Å². The molecule has 3 amide bonds. The van der Waals surface area contributed by atoms with Crippen LogP contribution in [0.2, 0.25) is 0 Å². The molecule has 2 N–H and O–H groups in total. The van der Waals surface area contributed by atoms with Gasteiger partial charge in [0.25, 0.3) is 5.91 Å². The highest BCUT2D eigenvalue weighted by Gasteiger charge is 2.49. The van der Waals surface area contributed by atoms with Gasteiger partial charge in [-0.3, -0.25) is 10.1 Å².